The van der Waals surface area contributed by atoms with Crippen LogP contribution in [0, 0.1) is 6.92 Å². The third kappa shape index (κ3) is 6.16. The van der Waals surface area contributed by atoms with E-state index in [0.717, 1.165) is 81.9 Å². The number of ether oxygens (including phenoxy) is 3. The second kappa shape index (κ2) is 13.4. The first kappa shape index (κ1) is 30.1. The highest BCUT2D eigenvalue weighted by Crippen LogP contribution is 2.35. The van der Waals surface area contributed by atoms with Gasteiger partial charge in [0.05, 0.1) is 18.5 Å². The Morgan fingerprint density at radius 1 is 1.07 bits per heavy atom. The standard InChI is InChI=1S/C35H42N4O5/c1-4-43-34-30(35(40)41)21-36-39(34)32-10-6-9-31(37-32)29-8-5-7-23(2)33(29)44-22-26-12-11-25-13-17-38(18-14-28(25)24(26)3)27-15-19-42-20-16-27/h6,8-12,21,27H,4-5,7,13-20,22H2,1-3H3,(H,40,41). The number of carboxylic acids is 1. The molecule has 2 aromatic heterocycles. The second-order valence-corrected chi connectivity index (χ2v) is 11.8. The van der Waals surface area contributed by atoms with E-state index in [-0.39, 0.29) is 11.4 Å². The molecule has 9 heteroatoms. The number of nitrogens with zero attached hydrogens (tertiary/aromatic N) is 4. The van der Waals surface area contributed by atoms with E-state index in [1.165, 1.54) is 38.7 Å². The number of allylic oxidation sites excluding steroid dienone is 3. The number of aromatic carboxylic acids is 1. The fourth-order valence-corrected chi connectivity index (χ4v) is 6.70. The van der Waals surface area contributed by atoms with Gasteiger partial charge in [-0.25, -0.2) is 9.78 Å². The highest BCUT2D eigenvalue weighted by molar-refractivity contribution is 5.90. The lowest BCUT2D eigenvalue weighted by molar-refractivity contribution is 0.0355. The predicted molar refractivity (Wildman–Crippen MR) is 168 cm³/mol. The summed E-state index contributed by atoms with van der Waals surface area (Å²) in [5, 5.41) is 13.9. The van der Waals surface area contributed by atoms with Crippen molar-refractivity contribution >= 4 is 11.5 Å². The van der Waals surface area contributed by atoms with E-state index in [1.54, 1.807) is 6.07 Å². The summed E-state index contributed by atoms with van der Waals surface area (Å²) in [4.78, 5) is 19.3. The Labute approximate surface area is 259 Å². The zero-order valence-corrected chi connectivity index (χ0v) is 26.0. The maximum atomic E-state index is 11.7. The van der Waals surface area contributed by atoms with Crippen LogP contribution in [-0.4, -0.2) is 69.7 Å². The van der Waals surface area contributed by atoms with Crippen molar-refractivity contribution in [3.63, 3.8) is 0 Å². The van der Waals surface area contributed by atoms with Crippen LogP contribution in [-0.2, 0) is 28.9 Å². The number of aromatic nitrogens is 3. The minimum atomic E-state index is -1.09. The van der Waals surface area contributed by atoms with Gasteiger partial charge in [0.25, 0.3) is 0 Å². The summed E-state index contributed by atoms with van der Waals surface area (Å²) in [6, 6.07) is 10.8. The molecule has 0 unspecified atom stereocenters. The number of carbonyl (C=O) groups is 1. The zero-order valence-electron chi connectivity index (χ0n) is 26.0. The van der Waals surface area contributed by atoms with E-state index in [0.29, 0.717) is 25.1 Å². The van der Waals surface area contributed by atoms with Crippen molar-refractivity contribution < 1.29 is 24.1 Å². The van der Waals surface area contributed by atoms with Crippen LogP contribution in [0.15, 0.2) is 53.9 Å². The predicted octanol–water partition coefficient (Wildman–Crippen LogP) is 5.92. The number of fused-ring (bicyclic) bond motifs is 1. The van der Waals surface area contributed by atoms with Crippen LogP contribution < -0.4 is 4.74 Å². The Morgan fingerprint density at radius 2 is 1.89 bits per heavy atom. The van der Waals surface area contributed by atoms with Crippen LogP contribution in [0.25, 0.3) is 11.4 Å². The van der Waals surface area contributed by atoms with Crippen molar-refractivity contribution in [3.8, 4) is 11.7 Å². The van der Waals surface area contributed by atoms with Crippen molar-refractivity contribution in [1.29, 1.82) is 0 Å². The first-order valence-corrected chi connectivity index (χ1v) is 15.8. The third-order valence-electron chi connectivity index (χ3n) is 9.17. The summed E-state index contributed by atoms with van der Waals surface area (Å²) in [5.74, 6) is 0.417. The molecule has 232 valence electrons. The van der Waals surface area contributed by atoms with E-state index in [2.05, 4.69) is 42.1 Å². The number of benzene rings is 1. The van der Waals surface area contributed by atoms with Gasteiger partial charge in [0, 0.05) is 37.9 Å². The van der Waals surface area contributed by atoms with Crippen LogP contribution in [0.4, 0.5) is 0 Å². The lowest BCUT2D eigenvalue weighted by Gasteiger charge is -2.33. The Bertz CT molecular complexity index is 1580. The molecule has 3 aliphatic rings. The SMILES string of the molecule is CCOc1c(C(=O)O)cnn1-c1cccc(C2=CCCC(C)=C2OCc2ccc3c(c2C)CCN(C2CCOCC2)CC3)n1. The lowest BCUT2D eigenvalue weighted by atomic mass is 9.93. The molecule has 6 rings (SSSR count). The Kier molecular flexibility index (Phi) is 9.14. The van der Waals surface area contributed by atoms with Gasteiger partial charge < -0.3 is 19.3 Å². The normalized spacial score (nSPS) is 18.0. The van der Waals surface area contributed by atoms with Crippen LogP contribution in [0.1, 0.15) is 77.8 Å². The molecule has 1 aromatic carbocycles. The van der Waals surface area contributed by atoms with Gasteiger partial charge in [-0.2, -0.15) is 9.78 Å². The number of hydrogen-bond donors (Lipinski definition) is 1. The number of hydrogen-bond acceptors (Lipinski definition) is 7. The largest absolute Gasteiger partial charge is 0.488 e. The van der Waals surface area contributed by atoms with Crippen LogP contribution in [0.3, 0.4) is 0 Å². The Morgan fingerprint density at radius 3 is 2.68 bits per heavy atom. The molecule has 0 saturated carbocycles. The summed E-state index contributed by atoms with van der Waals surface area (Å²) in [7, 11) is 0. The van der Waals surface area contributed by atoms with Crippen molar-refractivity contribution in [1.82, 2.24) is 19.7 Å². The van der Waals surface area contributed by atoms with Gasteiger partial charge in [-0.3, -0.25) is 4.90 Å². The van der Waals surface area contributed by atoms with Crippen molar-refractivity contribution in [2.24, 2.45) is 0 Å². The molecule has 0 radical (unpaired) electrons. The molecule has 0 bridgehead atoms. The Balaban J connectivity index is 1.21. The first-order chi connectivity index (χ1) is 21.4. The molecule has 1 N–H and O–H groups in total. The smallest absolute Gasteiger partial charge is 0.342 e. The highest BCUT2D eigenvalue weighted by atomic mass is 16.5. The van der Waals surface area contributed by atoms with E-state index >= 15 is 0 Å². The molecule has 2 aliphatic heterocycles. The number of pyridine rings is 1. The molecule has 9 nitrogen and oxygen atoms in total. The molecular weight excluding hydrogens is 556 g/mol. The minimum absolute atomic E-state index is 0.00288. The second-order valence-electron chi connectivity index (χ2n) is 11.8. The summed E-state index contributed by atoms with van der Waals surface area (Å²) < 4.78 is 19.3. The summed E-state index contributed by atoms with van der Waals surface area (Å²) in [5.41, 5.74) is 8.38. The molecule has 3 aromatic rings. The first-order valence-electron chi connectivity index (χ1n) is 15.8. The summed E-state index contributed by atoms with van der Waals surface area (Å²) in [6.45, 7) is 10.9. The minimum Gasteiger partial charge on any atom is -0.488 e. The van der Waals surface area contributed by atoms with Crippen molar-refractivity contribution in [2.75, 3.05) is 32.9 Å². The fourth-order valence-electron chi connectivity index (χ4n) is 6.70. The third-order valence-corrected chi connectivity index (χ3v) is 9.17. The summed E-state index contributed by atoms with van der Waals surface area (Å²) in [6.07, 6.45) is 9.73. The van der Waals surface area contributed by atoms with Gasteiger partial charge in [-0.1, -0.05) is 24.3 Å². The van der Waals surface area contributed by atoms with Gasteiger partial charge in [-0.05, 0) is 99.3 Å². The van der Waals surface area contributed by atoms with E-state index in [9.17, 15) is 9.90 Å². The molecular formula is C35H42N4O5. The zero-order chi connectivity index (χ0) is 30.6. The maximum Gasteiger partial charge on any atom is 0.342 e. The highest BCUT2D eigenvalue weighted by Gasteiger charge is 2.26. The van der Waals surface area contributed by atoms with Crippen molar-refractivity contribution in [2.45, 2.75) is 71.9 Å². The van der Waals surface area contributed by atoms with Crippen LogP contribution >= 0.6 is 0 Å². The quantitative estimate of drug-likeness (QED) is 0.324. The molecule has 0 atom stereocenters. The van der Waals surface area contributed by atoms with Gasteiger partial charge in [0.2, 0.25) is 5.88 Å². The maximum absolute atomic E-state index is 11.7. The molecule has 0 spiro atoms. The summed E-state index contributed by atoms with van der Waals surface area (Å²) >= 11 is 0. The van der Waals surface area contributed by atoms with Gasteiger partial charge >= 0.3 is 5.97 Å². The molecule has 1 aliphatic carbocycles. The topological polar surface area (TPSA) is 98.9 Å². The van der Waals surface area contributed by atoms with E-state index in [4.69, 9.17) is 19.2 Å². The molecule has 44 heavy (non-hydrogen) atoms. The van der Waals surface area contributed by atoms with E-state index < -0.39 is 5.97 Å². The molecule has 0 amide bonds. The number of carboxylic acid groups (broad SMARTS) is 1. The van der Waals surface area contributed by atoms with Crippen molar-refractivity contribution in [3.05, 3.63) is 87.4 Å². The number of rotatable bonds is 9. The van der Waals surface area contributed by atoms with E-state index in [1.807, 2.05) is 19.1 Å². The molecule has 4 heterocycles. The van der Waals surface area contributed by atoms with Crippen LogP contribution in [0.5, 0.6) is 5.88 Å². The molecule has 1 fully saturated rings. The fraction of sp³-hybridized carbons (Fsp3) is 0.457. The average Bonchev–Trinajstić information content (AvgIpc) is 3.34. The monoisotopic (exact) mass is 598 g/mol. The lowest BCUT2D eigenvalue weighted by Crippen LogP contribution is -2.40. The van der Waals surface area contributed by atoms with Crippen LogP contribution in [0.2, 0.25) is 0 Å². The molecule has 1 saturated heterocycles. The van der Waals surface area contributed by atoms with Gasteiger partial charge in [-0.15, -0.1) is 0 Å². The Hall–Kier alpha value is -3.95. The van der Waals surface area contributed by atoms with Gasteiger partial charge in [0.15, 0.2) is 5.82 Å². The van der Waals surface area contributed by atoms with Gasteiger partial charge in [0.1, 0.15) is 17.9 Å². The average molecular weight is 599 g/mol.